The number of aromatic nitrogens is 1. The number of fused-ring (bicyclic) bond motifs is 1. The van der Waals surface area contributed by atoms with E-state index in [1.165, 1.54) is 11.5 Å². The van der Waals surface area contributed by atoms with Gasteiger partial charge in [0.2, 0.25) is 0 Å². The Labute approximate surface area is 174 Å². The number of rotatable bonds is 8. The minimum Gasteiger partial charge on any atom is -0.452 e. The summed E-state index contributed by atoms with van der Waals surface area (Å²) in [5.74, 6) is -1.20. The van der Waals surface area contributed by atoms with E-state index in [-0.39, 0.29) is 13.0 Å². The topological polar surface area (TPSA) is 90.5 Å². The molecule has 1 N–H and O–H groups in total. The quantitative estimate of drug-likeness (QED) is 0.566. The Kier molecular flexibility index (Phi) is 6.72. The lowest BCUT2D eigenvalue weighted by molar-refractivity contribution is -0.153. The number of ether oxygens (including phenoxy) is 1. The number of amides is 1. The minimum absolute atomic E-state index is 0.0511. The molecule has 2 aromatic carbocycles. The average Bonchev–Trinajstić information content (AvgIpc) is 3.06. The van der Waals surface area contributed by atoms with Gasteiger partial charge in [-0.05, 0) is 43.0 Å². The zero-order chi connectivity index (χ0) is 21.7. The standard InChI is InChI=1S/C23H26N2O5/c1-4-15(2)17-9-5-6-10-18(17)24-22(27)16(3)29-21(26)13-14-25-19-11-7-8-12-20(19)30-23(25)28/h5-12,15-16H,4,13-14H2,1-3H3,(H,24,27). The van der Waals surface area contributed by atoms with Crippen LogP contribution in [0.2, 0.25) is 0 Å². The second-order valence-corrected chi connectivity index (χ2v) is 7.26. The van der Waals surface area contributed by atoms with Gasteiger partial charge in [0.05, 0.1) is 11.9 Å². The molecular weight excluding hydrogens is 384 g/mol. The van der Waals surface area contributed by atoms with E-state index in [1.807, 2.05) is 24.3 Å². The molecule has 0 aliphatic heterocycles. The number of aryl methyl sites for hydroxylation is 1. The first kappa shape index (κ1) is 21.4. The number of nitrogens with zero attached hydrogens (tertiary/aromatic N) is 1. The summed E-state index contributed by atoms with van der Waals surface area (Å²) in [7, 11) is 0. The number of hydrogen-bond donors (Lipinski definition) is 1. The van der Waals surface area contributed by atoms with Crippen LogP contribution in [0.15, 0.2) is 57.7 Å². The Hall–Kier alpha value is -3.35. The second-order valence-electron chi connectivity index (χ2n) is 7.26. The Morgan fingerprint density at radius 1 is 1.10 bits per heavy atom. The van der Waals surface area contributed by atoms with Gasteiger partial charge in [-0.1, -0.05) is 44.2 Å². The Balaban J connectivity index is 1.58. The number of anilines is 1. The lowest BCUT2D eigenvalue weighted by atomic mass is 9.97. The number of oxazole rings is 1. The summed E-state index contributed by atoms with van der Waals surface area (Å²) in [5, 5.41) is 2.85. The first-order valence-corrected chi connectivity index (χ1v) is 10.1. The van der Waals surface area contributed by atoms with Crippen molar-refractivity contribution in [1.29, 1.82) is 0 Å². The summed E-state index contributed by atoms with van der Waals surface area (Å²) in [4.78, 5) is 36.7. The van der Waals surface area contributed by atoms with E-state index in [4.69, 9.17) is 9.15 Å². The van der Waals surface area contributed by atoms with Gasteiger partial charge >= 0.3 is 11.7 Å². The molecule has 30 heavy (non-hydrogen) atoms. The number of esters is 1. The van der Waals surface area contributed by atoms with E-state index in [2.05, 4.69) is 19.2 Å². The van der Waals surface area contributed by atoms with Crippen LogP contribution in [0.5, 0.6) is 0 Å². The van der Waals surface area contributed by atoms with Crippen LogP contribution in [0.3, 0.4) is 0 Å². The molecule has 0 bridgehead atoms. The van der Waals surface area contributed by atoms with Gasteiger partial charge in [0.15, 0.2) is 11.7 Å². The van der Waals surface area contributed by atoms with Crippen LogP contribution in [-0.2, 0) is 20.9 Å². The maximum atomic E-state index is 12.5. The van der Waals surface area contributed by atoms with Crippen molar-refractivity contribution in [3.63, 3.8) is 0 Å². The normalized spacial score (nSPS) is 13.0. The van der Waals surface area contributed by atoms with Gasteiger partial charge in [0.25, 0.3) is 5.91 Å². The van der Waals surface area contributed by atoms with Crippen molar-refractivity contribution in [3.8, 4) is 0 Å². The highest BCUT2D eigenvalue weighted by atomic mass is 16.5. The number of para-hydroxylation sites is 3. The van der Waals surface area contributed by atoms with E-state index < -0.39 is 23.7 Å². The molecule has 0 aliphatic rings. The molecular formula is C23H26N2O5. The molecule has 7 heteroatoms. The molecule has 3 rings (SSSR count). The molecule has 1 amide bonds. The van der Waals surface area contributed by atoms with E-state index >= 15 is 0 Å². The fraction of sp³-hybridized carbons (Fsp3) is 0.348. The maximum absolute atomic E-state index is 12.5. The third kappa shape index (κ3) is 4.79. The average molecular weight is 410 g/mol. The third-order valence-corrected chi connectivity index (χ3v) is 5.15. The van der Waals surface area contributed by atoms with Gasteiger partial charge in [-0.15, -0.1) is 0 Å². The summed E-state index contributed by atoms with van der Waals surface area (Å²) in [6.07, 6.45) is -0.0652. The molecule has 2 atom stereocenters. The monoisotopic (exact) mass is 410 g/mol. The Morgan fingerprint density at radius 2 is 1.80 bits per heavy atom. The summed E-state index contributed by atoms with van der Waals surface area (Å²) in [5.41, 5.74) is 2.83. The number of hydrogen-bond acceptors (Lipinski definition) is 5. The molecule has 0 saturated carbocycles. The number of nitrogens with one attached hydrogen (secondary N) is 1. The van der Waals surface area contributed by atoms with Crippen molar-refractivity contribution in [2.75, 3.05) is 5.32 Å². The van der Waals surface area contributed by atoms with Gasteiger partial charge < -0.3 is 14.5 Å². The third-order valence-electron chi connectivity index (χ3n) is 5.15. The highest BCUT2D eigenvalue weighted by Crippen LogP contribution is 2.26. The highest BCUT2D eigenvalue weighted by molar-refractivity contribution is 5.95. The fourth-order valence-electron chi connectivity index (χ4n) is 3.23. The zero-order valence-electron chi connectivity index (χ0n) is 17.4. The van der Waals surface area contributed by atoms with Gasteiger partial charge in [-0.3, -0.25) is 14.2 Å². The number of carbonyl (C=O) groups is 2. The Morgan fingerprint density at radius 3 is 2.57 bits per heavy atom. The van der Waals surface area contributed by atoms with E-state index in [0.717, 1.165) is 17.7 Å². The molecule has 0 radical (unpaired) electrons. The lowest BCUT2D eigenvalue weighted by Gasteiger charge is -2.18. The Bertz CT molecular complexity index is 1100. The lowest BCUT2D eigenvalue weighted by Crippen LogP contribution is -2.31. The van der Waals surface area contributed by atoms with Gasteiger partial charge in [-0.25, -0.2) is 4.79 Å². The highest BCUT2D eigenvalue weighted by Gasteiger charge is 2.20. The van der Waals surface area contributed by atoms with Crippen LogP contribution in [0.25, 0.3) is 11.1 Å². The molecule has 7 nitrogen and oxygen atoms in total. The molecule has 3 aromatic rings. The number of carbonyl (C=O) groups excluding carboxylic acids is 2. The maximum Gasteiger partial charge on any atom is 0.419 e. The van der Waals surface area contributed by atoms with Crippen LogP contribution < -0.4 is 11.1 Å². The largest absolute Gasteiger partial charge is 0.452 e. The summed E-state index contributed by atoms with van der Waals surface area (Å²) >= 11 is 0. The van der Waals surface area contributed by atoms with Crippen LogP contribution in [-0.4, -0.2) is 22.5 Å². The smallest absolute Gasteiger partial charge is 0.419 e. The van der Waals surface area contributed by atoms with Crippen LogP contribution >= 0.6 is 0 Å². The molecule has 158 valence electrons. The molecule has 1 heterocycles. The predicted octanol–water partition coefficient (Wildman–Crippen LogP) is 4.07. The van der Waals surface area contributed by atoms with E-state index in [1.54, 1.807) is 24.3 Å². The van der Waals surface area contributed by atoms with E-state index in [0.29, 0.717) is 17.0 Å². The molecule has 1 aromatic heterocycles. The van der Waals surface area contributed by atoms with Crippen molar-refractivity contribution in [2.45, 2.75) is 52.2 Å². The first-order chi connectivity index (χ1) is 14.4. The van der Waals surface area contributed by atoms with Crippen molar-refractivity contribution in [3.05, 3.63) is 64.6 Å². The van der Waals surface area contributed by atoms with Gasteiger partial charge in [0.1, 0.15) is 0 Å². The van der Waals surface area contributed by atoms with Crippen LogP contribution in [0, 0.1) is 0 Å². The second kappa shape index (κ2) is 9.43. The van der Waals surface area contributed by atoms with Gasteiger partial charge in [0, 0.05) is 12.2 Å². The van der Waals surface area contributed by atoms with Gasteiger partial charge in [-0.2, -0.15) is 0 Å². The SMILES string of the molecule is CCC(C)c1ccccc1NC(=O)C(C)OC(=O)CCn1c(=O)oc2ccccc21. The van der Waals surface area contributed by atoms with Crippen molar-refractivity contribution in [2.24, 2.45) is 0 Å². The molecule has 0 fully saturated rings. The molecule has 0 aliphatic carbocycles. The molecule has 0 spiro atoms. The van der Waals surface area contributed by atoms with E-state index in [9.17, 15) is 14.4 Å². The fourth-order valence-corrected chi connectivity index (χ4v) is 3.23. The summed E-state index contributed by atoms with van der Waals surface area (Å²) in [6.45, 7) is 5.82. The zero-order valence-corrected chi connectivity index (χ0v) is 17.4. The summed E-state index contributed by atoms with van der Waals surface area (Å²) in [6, 6.07) is 14.6. The minimum atomic E-state index is -0.958. The van der Waals surface area contributed by atoms with Crippen molar-refractivity contribution < 1.29 is 18.7 Å². The number of benzene rings is 2. The van der Waals surface area contributed by atoms with Crippen molar-refractivity contribution >= 4 is 28.7 Å². The van der Waals surface area contributed by atoms with Crippen LogP contribution in [0.1, 0.15) is 45.1 Å². The molecule has 0 saturated heterocycles. The predicted molar refractivity (Wildman–Crippen MR) is 114 cm³/mol. The van der Waals surface area contributed by atoms with Crippen molar-refractivity contribution in [1.82, 2.24) is 4.57 Å². The van der Waals surface area contributed by atoms with Crippen LogP contribution in [0.4, 0.5) is 5.69 Å². The summed E-state index contributed by atoms with van der Waals surface area (Å²) < 4.78 is 11.8. The first-order valence-electron chi connectivity index (χ1n) is 10.1. The molecule has 2 unspecified atom stereocenters.